The van der Waals surface area contributed by atoms with Crippen LogP contribution >= 0.6 is 0 Å². The van der Waals surface area contributed by atoms with Crippen LogP contribution in [-0.4, -0.2) is 32.2 Å². The summed E-state index contributed by atoms with van der Waals surface area (Å²) in [5.41, 5.74) is 2.62. The van der Waals surface area contributed by atoms with Gasteiger partial charge < -0.3 is 15.5 Å². The molecule has 2 heterocycles. The third kappa shape index (κ3) is 2.55. The van der Waals surface area contributed by atoms with Gasteiger partial charge in [-0.1, -0.05) is 0 Å². The summed E-state index contributed by atoms with van der Waals surface area (Å²) in [5, 5.41) is 6.96. The molecule has 3 rings (SSSR count). The predicted molar refractivity (Wildman–Crippen MR) is 72.8 cm³/mol. The second kappa shape index (κ2) is 4.96. The average Bonchev–Trinajstić information content (AvgIpc) is 3.01. The predicted octanol–water partition coefficient (Wildman–Crippen LogP) is 2.06. The van der Waals surface area contributed by atoms with Gasteiger partial charge in [-0.05, 0) is 50.1 Å². The molecular formula is C14H21N3. The number of nitrogens with zero attached hydrogens (tertiary/aromatic N) is 1. The fraction of sp³-hybridized carbons (Fsp3) is 0.571. The van der Waals surface area contributed by atoms with Crippen molar-refractivity contribution >= 4 is 11.4 Å². The van der Waals surface area contributed by atoms with Crippen molar-refractivity contribution in [2.45, 2.75) is 25.3 Å². The molecule has 2 N–H and O–H groups in total. The van der Waals surface area contributed by atoms with Crippen molar-refractivity contribution in [1.29, 1.82) is 0 Å². The van der Waals surface area contributed by atoms with Crippen LogP contribution in [0.2, 0.25) is 0 Å². The minimum absolute atomic E-state index is 0.604. The molecule has 2 aliphatic heterocycles. The number of hydrogen-bond acceptors (Lipinski definition) is 3. The maximum absolute atomic E-state index is 3.58. The Morgan fingerprint density at radius 2 is 1.88 bits per heavy atom. The van der Waals surface area contributed by atoms with E-state index in [1.807, 2.05) is 0 Å². The molecule has 2 fully saturated rings. The molecule has 17 heavy (non-hydrogen) atoms. The Kier molecular flexibility index (Phi) is 3.18. The first kappa shape index (κ1) is 10.9. The minimum atomic E-state index is 0.604. The van der Waals surface area contributed by atoms with Gasteiger partial charge in [-0.25, -0.2) is 0 Å². The number of hydrogen-bond donors (Lipinski definition) is 2. The summed E-state index contributed by atoms with van der Waals surface area (Å²) < 4.78 is 0. The van der Waals surface area contributed by atoms with E-state index in [4.69, 9.17) is 0 Å². The topological polar surface area (TPSA) is 27.3 Å². The van der Waals surface area contributed by atoms with Crippen molar-refractivity contribution in [3.8, 4) is 0 Å². The molecule has 0 spiro atoms. The summed E-state index contributed by atoms with van der Waals surface area (Å²) in [6.07, 6.45) is 3.91. The smallest absolute Gasteiger partial charge is 0.0398 e. The SMILES string of the molecule is c1cc(N2CCCC2)ccc1NC1CCNC1. The lowest BCUT2D eigenvalue weighted by Crippen LogP contribution is -2.22. The summed E-state index contributed by atoms with van der Waals surface area (Å²) in [7, 11) is 0. The second-order valence-electron chi connectivity index (χ2n) is 5.08. The molecule has 92 valence electrons. The molecule has 1 aromatic carbocycles. The van der Waals surface area contributed by atoms with Gasteiger partial charge in [-0.15, -0.1) is 0 Å². The van der Waals surface area contributed by atoms with Crippen molar-refractivity contribution in [2.24, 2.45) is 0 Å². The molecule has 2 aliphatic rings. The van der Waals surface area contributed by atoms with E-state index in [1.165, 1.54) is 43.7 Å². The zero-order valence-corrected chi connectivity index (χ0v) is 10.3. The highest BCUT2D eigenvalue weighted by Crippen LogP contribution is 2.22. The van der Waals surface area contributed by atoms with Gasteiger partial charge in [0, 0.05) is 37.1 Å². The zero-order valence-electron chi connectivity index (χ0n) is 10.3. The molecule has 0 bridgehead atoms. The van der Waals surface area contributed by atoms with Gasteiger partial charge in [0.05, 0.1) is 0 Å². The standard InChI is InChI=1S/C14H21N3/c1-2-10-17(9-1)14-5-3-12(4-6-14)16-13-7-8-15-11-13/h3-6,13,15-16H,1-2,7-11H2. The fourth-order valence-electron chi connectivity index (χ4n) is 2.76. The van der Waals surface area contributed by atoms with Crippen molar-refractivity contribution in [3.05, 3.63) is 24.3 Å². The molecular weight excluding hydrogens is 210 g/mol. The maximum Gasteiger partial charge on any atom is 0.0398 e. The van der Waals surface area contributed by atoms with Gasteiger partial charge in [0.1, 0.15) is 0 Å². The molecule has 0 radical (unpaired) electrons. The largest absolute Gasteiger partial charge is 0.381 e. The minimum Gasteiger partial charge on any atom is -0.381 e. The Morgan fingerprint density at radius 1 is 1.12 bits per heavy atom. The number of anilines is 2. The van der Waals surface area contributed by atoms with Crippen molar-refractivity contribution in [3.63, 3.8) is 0 Å². The molecule has 0 aromatic heterocycles. The maximum atomic E-state index is 3.58. The Hall–Kier alpha value is -1.22. The number of rotatable bonds is 3. The van der Waals surface area contributed by atoms with E-state index in [0.29, 0.717) is 6.04 Å². The van der Waals surface area contributed by atoms with Gasteiger partial charge >= 0.3 is 0 Å². The Balaban J connectivity index is 1.62. The van der Waals surface area contributed by atoms with Crippen LogP contribution in [0.15, 0.2) is 24.3 Å². The van der Waals surface area contributed by atoms with Gasteiger partial charge in [0.2, 0.25) is 0 Å². The molecule has 3 nitrogen and oxygen atoms in total. The lowest BCUT2D eigenvalue weighted by atomic mass is 10.2. The third-order valence-corrected chi connectivity index (χ3v) is 3.77. The van der Waals surface area contributed by atoms with Crippen LogP contribution in [0, 0.1) is 0 Å². The van der Waals surface area contributed by atoms with E-state index in [1.54, 1.807) is 0 Å². The summed E-state index contributed by atoms with van der Waals surface area (Å²) in [6, 6.07) is 9.52. The van der Waals surface area contributed by atoms with Crippen LogP contribution in [0.3, 0.4) is 0 Å². The van der Waals surface area contributed by atoms with Crippen LogP contribution in [-0.2, 0) is 0 Å². The Labute approximate surface area is 103 Å². The highest BCUT2D eigenvalue weighted by Gasteiger charge is 2.14. The lowest BCUT2D eigenvalue weighted by molar-refractivity contribution is 0.793. The van der Waals surface area contributed by atoms with E-state index in [0.717, 1.165) is 13.1 Å². The summed E-state index contributed by atoms with van der Waals surface area (Å²) >= 11 is 0. The molecule has 0 aliphatic carbocycles. The monoisotopic (exact) mass is 231 g/mol. The van der Waals surface area contributed by atoms with Gasteiger partial charge in [0.25, 0.3) is 0 Å². The number of benzene rings is 1. The summed E-state index contributed by atoms with van der Waals surface area (Å²) in [4.78, 5) is 2.47. The molecule has 1 atom stereocenters. The first-order valence-electron chi connectivity index (χ1n) is 6.74. The molecule has 3 heteroatoms. The quantitative estimate of drug-likeness (QED) is 0.834. The molecule has 2 saturated heterocycles. The van der Waals surface area contributed by atoms with E-state index >= 15 is 0 Å². The first-order valence-corrected chi connectivity index (χ1v) is 6.74. The highest BCUT2D eigenvalue weighted by atomic mass is 15.1. The van der Waals surface area contributed by atoms with E-state index in [9.17, 15) is 0 Å². The van der Waals surface area contributed by atoms with Gasteiger partial charge in [-0.3, -0.25) is 0 Å². The van der Waals surface area contributed by atoms with E-state index in [-0.39, 0.29) is 0 Å². The molecule has 1 unspecified atom stereocenters. The first-order chi connectivity index (χ1) is 8.42. The normalized spacial score (nSPS) is 24.2. The molecule has 0 saturated carbocycles. The van der Waals surface area contributed by atoms with Gasteiger partial charge in [-0.2, -0.15) is 0 Å². The highest BCUT2D eigenvalue weighted by molar-refractivity contribution is 5.55. The van der Waals surface area contributed by atoms with Gasteiger partial charge in [0.15, 0.2) is 0 Å². The molecule has 1 aromatic rings. The average molecular weight is 231 g/mol. The second-order valence-corrected chi connectivity index (χ2v) is 5.08. The van der Waals surface area contributed by atoms with Crippen LogP contribution in [0.25, 0.3) is 0 Å². The lowest BCUT2D eigenvalue weighted by Gasteiger charge is -2.19. The van der Waals surface area contributed by atoms with E-state index < -0.39 is 0 Å². The Bertz CT molecular complexity index is 348. The van der Waals surface area contributed by atoms with Crippen molar-refractivity contribution in [2.75, 3.05) is 36.4 Å². The van der Waals surface area contributed by atoms with Crippen molar-refractivity contribution < 1.29 is 0 Å². The van der Waals surface area contributed by atoms with E-state index in [2.05, 4.69) is 39.8 Å². The van der Waals surface area contributed by atoms with Crippen LogP contribution in [0.1, 0.15) is 19.3 Å². The fourth-order valence-corrected chi connectivity index (χ4v) is 2.76. The molecule has 0 amide bonds. The zero-order chi connectivity index (χ0) is 11.5. The summed E-state index contributed by atoms with van der Waals surface area (Å²) in [6.45, 7) is 4.68. The van der Waals surface area contributed by atoms with Crippen LogP contribution in [0.5, 0.6) is 0 Å². The Morgan fingerprint density at radius 3 is 2.53 bits per heavy atom. The van der Waals surface area contributed by atoms with Crippen LogP contribution < -0.4 is 15.5 Å². The number of nitrogens with one attached hydrogen (secondary N) is 2. The summed E-state index contributed by atoms with van der Waals surface area (Å²) in [5.74, 6) is 0. The van der Waals surface area contributed by atoms with Crippen LogP contribution in [0.4, 0.5) is 11.4 Å². The van der Waals surface area contributed by atoms with Crippen molar-refractivity contribution in [1.82, 2.24) is 5.32 Å². The third-order valence-electron chi connectivity index (χ3n) is 3.77.